The first-order valence-corrected chi connectivity index (χ1v) is 7.32. The van der Waals surface area contributed by atoms with E-state index in [4.69, 9.17) is 16.3 Å². The molecule has 9 heteroatoms. The summed E-state index contributed by atoms with van der Waals surface area (Å²) < 4.78 is 7.70. The van der Waals surface area contributed by atoms with Crippen LogP contribution in [0.5, 0.6) is 0 Å². The Balaban J connectivity index is 2.15. The second kappa shape index (κ2) is 6.82. The average molecular weight is 340 g/mol. The normalized spacial score (nSPS) is 12.0. The van der Waals surface area contributed by atoms with Crippen LogP contribution in [0.4, 0.5) is 5.69 Å². The lowest BCUT2D eigenvalue weighted by molar-refractivity contribution is -0.119. The van der Waals surface area contributed by atoms with E-state index in [2.05, 4.69) is 15.5 Å². The quantitative estimate of drug-likeness (QED) is 0.836. The molecule has 0 aromatic carbocycles. The number of aromatic nitrogens is 4. The van der Waals surface area contributed by atoms with Gasteiger partial charge >= 0.3 is 5.97 Å². The molecule has 0 saturated heterocycles. The molecule has 23 heavy (non-hydrogen) atoms. The molecule has 0 aliphatic carbocycles. The van der Waals surface area contributed by atoms with E-state index < -0.39 is 5.97 Å². The number of carbonyl (C=O) groups is 2. The van der Waals surface area contributed by atoms with E-state index in [9.17, 15) is 9.59 Å². The van der Waals surface area contributed by atoms with E-state index in [1.54, 1.807) is 31.8 Å². The van der Waals surface area contributed by atoms with Gasteiger partial charge in [-0.2, -0.15) is 10.2 Å². The summed E-state index contributed by atoms with van der Waals surface area (Å²) in [6.45, 7) is 3.83. The zero-order valence-corrected chi connectivity index (χ0v) is 14.1. The number of amides is 1. The van der Waals surface area contributed by atoms with Gasteiger partial charge in [-0.1, -0.05) is 18.5 Å². The van der Waals surface area contributed by atoms with E-state index >= 15 is 0 Å². The largest absolute Gasteiger partial charge is 0.464 e. The summed E-state index contributed by atoms with van der Waals surface area (Å²) in [5.41, 5.74) is 1.10. The second-order valence-electron chi connectivity index (χ2n) is 5.20. The maximum absolute atomic E-state index is 12.4. The SMILES string of the molecule is COC(=O)c1c(NC(=O)C(C)Cn2cc(Cl)cn2)c(C)nn1C. The first-order chi connectivity index (χ1) is 10.8. The van der Waals surface area contributed by atoms with Gasteiger partial charge in [0.2, 0.25) is 5.91 Å². The van der Waals surface area contributed by atoms with Crippen molar-refractivity contribution in [3.8, 4) is 0 Å². The zero-order valence-electron chi connectivity index (χ0n) is 13.3. The van der Waals surface area contributed by atoms with E-state index in [0.29, 0.717) is 22.9 Å². The maximum Gasteiger partial charge on any atom is 0.358 e. The van der Waals surface area contributed by atoms with Gasteiger partial charge in [0.05, 0.1) is 42.2 Å². The van der Waals surface area contributed by atoms with Crippen molar-refractivity contribution >= 4 is 29.2 Å². The average Bonchev–Trinajstić information content (AvgIpc) is 3.01. The zero-order chi connectivity index (χ0) is 17.1. The van der Waals surface area contributed by atoms with Crippen LogP contribution < -0.4 is 5.32 Å². The number of nitrogens with zero attached hydrogens (tertiary/aromatic N) is 4. The molecule has 8 nitrogen and oxygen atoms in total. The van der Waals surface area contributed by atoms with Gasteiger partial charge in [-0.05, 0) is 6.92 Å². The van der Waals surface area contributed by atoms with Crippen LogP contribution in [-0.4, -0.2) is 38.5 Å². The molecule has 2 aromatic heterocycles. The van der Waals surface area contributed by atoms with Crippen LogP contribution in [-0.2, 0) is 23.1 Å². The number of hydrogen-bond donors (Lipinski definition) is 1. The molecule has 1 N–H and O–H groups in total. The number of rotatable bonds is 5. The smallest absolute Gasteiger partial charge is 0.358 e. The first-order valence-electron chi connectivity index (χ1n) is 6.94. The van der Waals surface area contributed by atoms with Crippen molar-refractivity contribution in [3.63, 3.8) is 0 Å². The third-order valence-electron chi connectivity index (χ3n) is 3.36. The molecule has 0 aliphatic heterocycles. The van der Waals surface area contributed by atoms with E-state index in [-0.39, 0.29) is 17.5 Å². The van der Waals surface area contributed by atoms with Crippen LogP contribution in [0.2, 0.25) is 5.02 Å². The molecule has 1 unspecified atom stereocenters. The van der Waals surface area contributed by atoms with Crippen molar-refractivity contribution in [1.29, 1.82) is 0 Å². The number of hydrogen-bond acceptors (Lipinski definition) is 5. The number of methoxy groups -OCH3 is 1. The van der Waals surface area contributed by atoms with Gasteiger partial charge in [-0.25, -0.2) is 4.79 Å². The molecule has 1 atom stereocenters. The monoisotopic (exact) mass is 339 g/mol. The summed E-state index contributed by atoms with van der Waals surface area (Å²) >= 11 is 5.80. The highest BCUT2D eigenvalue weighted by molar-refractivity contribution is 6.30. The first kappa shape index (κ1) is 17.0. The molecular weight excluding hydrogens is 322 g/mol. The number of nitrogens with one attached hydrogen (secondary N) is 1. The Kier molecular flexibility index (Phi) is 5.05. The fraction of sp³-hybridized carbons (Fsp3) is 0.429. The Morgan fingerprint density at radius 3 is 2.74 bits per heavy atom. The van der Waals surface area contributed by atoms with Crippen LogP contribution in [0.25, 0.3) is 0 Å². The molecule has 0 bridgehead atoms. The van der Waals surface area contributed by atoms with Gasteiger partial charge < -0.3 is 10.1 Å². The Hall–Kier alpha value is -2.35. The van der Waals surface area contributed by atoms with Gasteiger partial charge in [0.15, 0.2) is 5.69 Å². The van der Waals surface area contributed by atoms with Crippen molar-refractivity contribution in [1.82, 2.24) is 19.6 Å². The van der Waals surface area contributed by atoms with E-state index in [1.807, 2.05) is 0 Å². The second-order valence-corrected chi connectivity index (χ2v) is 5.63. The van der Waals surface area contributed by atoms with E-state index in [0.717, 1.165) is 0 Å². The lowest BCUT2D eigenvalue weighted by atomic mass is 10.1. The third kappa shape index (κ3) is 3.70. The topological polar surface area (TPSA) is 91.0 Å². The summed E-state index contributed by atoms with van der Waals surface area (Å²) in [5, 5.41) is 11.4. The molecule has 0 radical (unpaired) electrons. The van der Waals surface area contributed by atoms with Crippen molar-refractivity contribution in [2.45, 2.75) is 20.4 Å². The van der Waals surface area contributed by atoms with Crippen molar-refractivity contribution < 1.29 is 14.3 Å². The Morgan fingerprint density at radius 2 is 2.17 bits per heavy atom. The fourth-order valence-corrected chi connectivity index (χ4v) is 2.34. The van der Waals surface area contributed by atoms with Gasteiger partial charge in [-0.15, -0.1) is 0 Å². The standard InChI is InChI=1S/C14H18ClN5O3/c1-8(6-20-7-10(15)5-16-20)13(21)17-11-9(2)18-19(3)12(11)14(22)23-4/h5,7-8H,6H2,1-4H3,(H,17,21). The van der Waals surface area contributed by atoms with Crippen LogP contribution >= 0.6 is 11.6 Å². The predicted molar refractivity (Wildman–Crippen MR) is 84.3 cm³/mol. The molecule has 2 heterocycles. The number of esters is 1. The molecule has 2 aromatic rings. The Bertz CT molecular complexity index is 737. The number of aryl methyl sites for hydroxylation is 2. The predicted octanol–water partition coefficient (Wildman–Crippen LogP) is 1.64. The minimum absolute atomic E-state index is 0.202. The summed E-state index contributed by atoms with van der Waals surface area (Å²) in [6, 6.07) is 0. The molecular formula is C14H18ClN5O3. The highest BCUT2D eigenvalue weighted by Gasteiger charge is 2.24. The third-order valence-corrected chi connectivity index (χ3v) is 3.55. The molecule has 0 saturated carbocycles. The Labute approximate surface area is 138 Å². The molecule has 1 amide bonds. The highest BCUT2D eigenvalue weighted by atomic mass is 35.5. The van der Waals surface area contributed by atoms with Gasteiger partial charge in [0, 0.05) is 13.2 Å². The van der Waals surface area contributed by atoms with Crippen molar-refractivity contribution in [2.24, 2.45) is 13.0 Å². The molecule has 0 aliphatic rings. The minimum Gasteiger partial charge on any atom is -0.464 e. The number of ether oxygens (including phenoxy) is 1. The van der Waals surface area contributed by atoms with Gasteiger partial charge in [0.25, 0.3) is 0 Å². The van der Waals surface area contributed by atoms with E-state index in [1.165, 1.54) is 18.0 Å². The van der Waals surface area contributed by atoms with Gasteiger partial charge in [-0.3, -0.25) is 14.2 Å². The Morgan fingerprint density at radius 1 is 1.48 bits per heavy atom. The molecule has 0 fully saturated rings. The summed E-state index contributed by atoms with van der Waals surface area (Å²) in [5.74, 6) is -1.19. The van der Waals surface area contributed by atoms with Crippen LogP contribution in [0.15, 0.2) is 12.4 Å². The summed E-state index contributed by atoms with van der Waals surface area (Å²) in [6.07, 6.45) is 3.15. The summed E-state index contributed by atoms with van der Waals surface area (Å²) in [4.78, 5) is 24.2. The number of halogens is 1. The minimum atomic E-state index is -0.560. The number of carbonyl (C=O) groups excluding carboxylic acids is 2. The van der Waals surface area contributed by atoms with Crippen LogP contribution in [0.1, 0.15) is 23.1 Å². The maximum atomic E-state index is 12.4. The van der Waals surface area contributed by atoms with Crippen LogP contribution in [0, 0.1) is 12.8 Å². The molecule has 0 spiro atoms. The van der Waals surface area contributed by atoms with Crippen LogP contribution in [0.3, 0.4) is 0 Å². The number of anilines is 1. The highest BCUT2D eigenvalue weighted by Crippen LogP contribution is 2.21. The van der Waals surface area contributed by atoms with Gasteiger partial charge in [0.1, 0.15) is 0 Å². The fourth-order valence-electron chi connectivity index (χ4n) is 2.19. The lowest BCUT2D eigenvalue weighted by Crippen LogP contribution is -2.26. The van der Waals surface area contributed by atoms with Crippen molar-refractivity contribution in [3.05, 3.63) is 28.8 Å². The van der Waals surface area contributed by atoms with Crippen molar-refractivity contribution in [2.75, 3.05) is 12.4 Å². The molecule has 124 valence electrons. The lowest BCUT2D eigenvalue weighted by Gasteiger charge is -2.13. The molecule has 2 rings (SSSR count). The summed E-state index contributed by atoms with van der Waals surface area (Å²) in [7, 11) is 2.89.